The van der Waals surface area contributed by atoms with Gasteiger partial charge in [0, 0.05) is 5.39 Å². The van der Waals surface area contributed by atoms with Gasteiger partial charge in [0.25, 0.3) is 0 Å². The van der Waals surface area contributed by atoms with Gasteiger partial charge in [0.05, 0.1) is 18.3 Å². The summed E-state index contributed by atoms with van der Waals surface area (Å²) in [7, 11) is 0. The van der Waals surface area contributed by atoms with Crippen LogP contribution in [0.2, 0.25) is 0 Å². The van der Waals surface area contributed by atoms with E-state index in [0.717, 1.165) is 28.2 Å². The Balaban J connectivity index is 2.06. The Morgan fingerprint density at radius 3 is 2.52 bits per heavy atom. The highest BCUT2D eigenvalue weighted by Gasteiger charge is 2.29. The molecule has 0 spiro atoms. The predicted molar refractivity (Wildman–Crippen MR) is 94.4 cm³/mol. The Bertz CT molecular complexity index is 752. The molecule has 0 unspecified atom stereocenters. The summed E-state index contributed by atoms with van der Waals surface area (Å²) in [5.74, 6) is 0.461. The number of aliphatic hydroxyl groups excluding tert-OH is 5. The van der Waals surface area contributed by atoms with Crippen molar-refractivity contribution in [2.24, 2.45) is 5.10 Å². The summed E-state index contributed by atoms with van der Waals surface area (Å²) >= 11 is 0. The van der Waals surface area contributed by atoms with Crippen LogP contribution in [-0.4, -0.2) is 67.8 Å². The van der Waals surface area contributed by atoms with Crippen LogP contribution in [0, 0.1) is 13.8 Å². The largest absolute Gasteiger partial charge is 0.394 e. The highest BCUT2D eigenvalue weighted by molar-refractivity contribution is 5.84. The minimum atomic E-state index is -1.70. The molecule has 0 aliphatic heterocycles. The molecule has 1 heterocycles. The van der Waals surface area contributed by atoms with Crippen molar-refractivity contribution < 1.29 is 25.5 Å². The van der Waals surface area contributed by atoms with Gasteiger partial charge in [0.15, 0.2) is 0 Å². The van der Waals surface area contributed by atoms with Crippen molar-refractivity contribution in [2.75, 3.05) is 12.0 Å². The quantitative estimate of drug-likeness (QED) is 0.298. The predicted octanol–water partition coefficient (Wildman–Crippen LogP) is -0.315. The van der Waals surface area contributed by atoms with Crippen LogP contribution >= 0.6 is 0 Å². The summed E-state index contributed by atoms with van der Waals surface area (Å²) in [6.45, 7) is 3.22. The smallest absolute Gasteiger partial charge is 0.147 e. The number of aryl methyl sites for hydroxylation is 2. The Morgan fingerprint density at radius 2 is 1.84 bits per heavy atom. The lowest BCUT2D eigenvalue weighted by Crippen LogP contribution is -2.46. The molecule has 1 aromatic carbocycles. The molecule has 1 aromatic heterocycles. The van der Waals surface area contributed by atoms with Crippen molar-refractivity contribution in [2.45, 2.75) is 38.3 Å². The third-order valence-electron chi connectivity index (χ3n) is 3.86. The second-order valence-corrected chi connectivity index (χ2v) is 5.96. The van der Waals surface area contributed by atoms with E-state index in [4.69, 9.17) is 5.11 Å². The van der Waals surface area contributed by atoms with Crippen LogP contribution in [0.25, 0.3) is 10.9 Å². The number of aromatic nitrogens is 1. The Kier molecular flexibility index (Phi) is 6.40. The molecule has 4 atom stereocenters. The average Bonchev–Trinajstić information content (AvgIpc) is 2.60. The average molecular weight is 349 g/mol. The molecule has 0 saturated heterocycles. The summed E-state index contributed by atoms with van der Waals surface area (Å²) in [5, 5.41) is 51.8. The van der Waals surface area contributed by atoms with Crippen molar-refractivity contribution in [3.8, 4) is 0 Å². The number of pyridine rings is 1. The van der Waals surface area contributed by atoms with E-state index in [1.165, 1.54) is 0 Å². The number of aliphatic hydroxyl groups is 5. The van der Waals surface area contributed by atoms with Gasteiger partial charge in [-0.25, -0.2) is 4.98 Å². The molecule has 8 heteroatoms. The number of nitrogens with zero attached hydrogens (tertiary/aromatic N) is 2. The molecule has 0 aliphatic rings. The van der Waals surface area contributed by atoms with Gasteiger partial charge in [0.1, 0.15) is 30.2 Å². The van der Waals surface area contributed by atoms with Gasteiger partial charge >= 0.3 is 0 Å². The summed E-state index contributed by atoms with van der Waals surface area (Å²) in [4.78, 5) is 4.40. The number of nitrogens with one attached hydrogen (secondary N) is 1. The van der Waals surface area contributed by atoms with E-state index in [1.54, 1.807) is 6.07 Å². The first kappa shape index (κ1) is 19.2. The fourth-order valence-electron chi connectivity index (χ4n) is 2.37. The van der Waals surface area contributed by atoms with Crippen molar-refractivity contribution in [1.82, 2.24) is 4.98 Å². The third-order valence-corrected chi connectivity index (χ3v) is 3.86. The zero-order valence-electron chi connectivity index (χ0n) is 14.0. The van der Waals surface area contributed by atoms with Crippen LogP contribution in [-0.2, 0) is 0 Å². The Labute approximate surface area is 145 Å². The maximum atomic E-state index is 9.75. The summed E-state index contributed by atoms with van der Waals surface area (Å²) in [6.07, 6.45) is -5.50. The summed E-state index contributed by atoms with van der Waals surface area (Å²) in [5.41, 5.74) is 5.59. The van der Waals surface area contributed by atoms with E-state index in [1.807, 2.05) is 32.0 Å². The summed E-state index contributed by atoms with van der Waals surface area (Å²) in [6, 6.07) is 7.69. The molecule has 2 rings (SSSR count). The fourth-order valence-corrected chi connectivity index (χ4v) is 2.37. The molecular formula is C17H23N3O5. The first-order valence-electron chi connectivity index (χ1n) is 7.84. The van der Waals surface area contributed by atoms with Crippen LogP contribution in [0.1, 0.15) is 11.1 Å². The minimum absolute atomic E-state index is 0.461. The topological polar surface area (TPSA) is 138 Å². The molecule has 136 valence electrons. The maximum absolute atomic E-state index is 9.75. The second kappa shape index (κ2) is 8.32. The molecule has 0 amide bonds. The Hall–Kier alpha value is -2.10. The normalized spacial score (nSPS) is 16.8. The first-order chi connectivity index (χ1) is 11.8. The number of benzene rings is 1. The lowest BCUT2D eigenvalue weighted by Gasteiger charge is -2.23. The van der Waals surface area contributed by atoms with E-state index >= 15 is 0 Å². The molecule has 2 aromatic rings. The van der Waals surface area contributed by atoms with Gasteiger partial charge < -0.3 is 25.5 Å². The molecule has 0 fully saturated rings. The number of hydrogen-bond donors (Lipinski definition) is 6. The van der Waals surface area contributed by atoms with Gasteiger partial charge in [-0.15, -0.1) is 0 Å². The van der Waals surface area contributed by atoms with E-state index in [2.05, 4.69) is 15.5 Å². The summed E-state index contributed by atoms with van der Waals surface area (Å²) < 4.78 is 0. The van der Waals surface area contributed by atoms with E-state index in [-0.39, 0.29) is 0 Å². The van der Waals surface area contributed by atoms with Crippen molar-refractivity contribution in [3.63, 3.8) is 0 Å². The molecule has 0 aliphatic carbocycles. The lowest BCUT2D eigenvalue weighted by atomic mass is 10.0. The lowest BCUT2D eigenvalue weighted by molar-refractivity contribution is -0.0999. The standard InChI is InChI=1S/C17H23N3O5/c1-9-3-4-12-11(5-9)10(2)6-15(19-12)20-18-7-13(22)16(24)17(25)14(23)8-21/h3-7,13-14,16-17,21-25H,8H2,1-2H3,(H,19,20)/b18-7+/t13-,14+,16+,17-/m0/s1. The molecule has 6 N–H and O–H groups in total. The van der Waals surface area contributed by atoms with Gasteiger partial charge in [-0.1, -0.05) is 11.6 Å². The van der Waals surface area contributed by atoms with E-state index < -0.39 is 31.0 Å². The Morgan fingerprint density at radius 1 is 1.12 bits per heavy atom. The molecule has 8 nitrogen and oxygen atoms in total. The monoisotopic (exact) mass is 349 g/mol. The van der Waals surface area contributed by atoms with Crippen LogP contribution in [0.3, 0.4) is 0 Å². The highest BCUT2D eigenvalue weighted by atomic mass is 16.4. The molecule has 0 saturated carbocycles. The molecular weight excluding hydrogens is 326 g/mol. The van der Waals surface area contributed by atoms with Crippen molar-refractivity contribution in [1.29, 1.82) is 0 Å². The van der Waals surface area contributed by atoms with E-state index in [9.17, 15) is 20.4 Å². The number of anilines is 1. The van der Waals surface area contributed by atoms with Gasteiger partial charge in [-0.05, 0) is 37.6 Å². The molecule has 25 heavy (non-hydrogen) atoms. The molecule has 0 radical (unpaired) electrons. The fraction of sp³-hybridized carbons (Fsp3) is 0.412. The zero-order valence-corrected chi connectivity index (χ0v) is 14.0. The van der Waals surface area contributed by atoms with Gasteiger partial charge in [0.2, 0.25) is 0 Å². The molecule has 0 bridgehead atoms. The van der Waals surface area contributed by atoms with Gasteiger partial charge in [-0.3, -0.25) is 5.43 Å². The number of rotatable bonds is 7. The minimum Gasteiger partial charge on any atom is -0.394 e. The van der Waals surface area contributed by atoms with Crippen LogP contribution < -0.4 is 5.43 Å². The van der Waals surface area contributed by atoms with Crippen LogP contribution in [0.5, 0.6) is 0 Å². The van der Waals surface area contributed by atoms with Crippen molar-refractivity contribution >= 4 is 22.9 Å². The number of hydrazone groups is 1. The number of fused-ring (bicyclic) bond motifs is 1. The third kappa shape index (κ3) is 4.71. The van der Waals surface area contributed by atoms with Gasteiger partial charge in [-0.2, -0.15) is 5.10 Å². The van der Waals surface area contributed by atoms with Crippen LogP contribution in [0.15, 0.2) is 29.4 Å². The SMILES string of the molecule is Cc1ccc2nc(N/N=C/[C@H](O)[C@@H](O)[C@@H](O)[C@H](O)CO)cc(C)c2c1. The van der Waals surface area contributed by atoms with E-state index in [0.29, 0.717) is 5.82 Å². The second-order valence-electron chi connectivity index (χ2n) is 5.96. The van der Waals surface area contributed by atoms with Crippen molar-refractivity contribution in [3.05, 3.63) is 35.4 Å². The van der Waals surface area contributed by atoms with Crippen LogP contribution in [0.4, 0.5) is 5.82 Å². The maximum Gasteiger partial charge on any atom is 0.147 e. The number of hydrogen-bond acceptors (Lipinski definition) is 8. The first-order valence-corrected chi connectivity index (χ1v) is 7.84. The highest BCUT2D eigenvalue weighted by Crippen LogP contribution is 2.21. The zero-order chi connectivity index (χ0) is 18.6.